The van der Waals surface area contributed by atoms with Gasteiger partial charge >= 0.3 is 5.97 Å². The van der Waals surface area contributed by atoms with Crippen LogP contribution in [0.5, 0.6) is 0 Å². The lowest BCUT2D eigenvalue weighted by molar-refractivity contribution is -0.133. The number of hydrogen-bond donors (Lipinski definition) is 0. The van der Waals surface area contributed by atoms with Gasteiger partial charge in [0.1, 0.15) is 0 Å². The first-order valence-electron chi connectivity index (χ1n) is 9.57. The molecule has 0 spiro atoms. The second-order valence-corrected chi connectivity index (χ2v) is 8.16. The molecule has 0 aliphatic heterocycles. The van der Waals surface area contributed by atoms with E-state index in [1.807, 2.05) is 54.6 Å². The van der Waals surface area contributed by atoms with Crippen LogP contribution in [0.3, 0.4) is 0 Å². The maximum absolute atomic E-state index is 12.8. The number of likely N-dealkylation sites (N-methyl/N-ethyl adjacent to an activating group) is 1. The van der Waals surface area contributed by atoms with Gasteiger partial charge in [0.25, 0.3) is 5.91 Å². The number of ether oxygens (including phenoxy) is 1. The number of nitrogens with zero attached hydrogens (tertiary/aromatic N) is 2. The van der Waals surface area contributed by atoms with Crippen LogP contribution in [-0.2, 0) is 16.1 Å². The summed E-state index contributed by atoms with van der Waals surface area (Å²) in [5.41, 5.74) is 3.16. The second-order valence-electron chi connectivity index (χ2n) is 7.30. The monoisotopic (exact) mass is 452 g/mol. The Morgan fingerprint density at radius 1 is 1.14 bits per heavy atom. The van der Waals surface area contributed by atoms with E-state index in [0.29, 0.717) is 18.0 Å². The molecule has 3 aromatic rings. The molecule has 6 heteroatoms. The molecule has 1 saturated carbocycles. The number of pyridine rings is 1. The topological polar surface area (TPSA) is 59.5 Å². The lowest BCUT2D eigenvalue weighted by Gasteiger charge is -2.18. The fraction of sp³-hybridized carbons (Fsp3) is 0.261. The minimum absolute atomic E-state index is 0.255. The highest BCUT2D eigenvalue weighted by molar-refractivity contribution is 9.10. The number of amides is 1. The number of carbonyl (C=O) groups is 2. The van der Waals surface area contributed by atoms with E-state index in [0.717, 1.165) is 39.5 Å². The van der Waals surface area contributed by atoms with Gasteiger partial charge in [-0.25, -0.2) is 4.79 Å². The molecule has 0 radical (unpaired) electrons. The highest BCUT2D eigenvalue weighted by atomic mass is 79.9. The molecule has 2 aromatic carbocycles. The Labute approximate surface area is 177 Å². The van der Waals surface area contributed by atoms with E-state index in [1.54, 1.807) is 11.9 Å². The van der Waals surface area contributed by atoms with Crippen molar-refractivity contribution in [1.29, 1.82) is 0 Å². The number of benzene rings is 2. The molecule has 1 aliphatic rings. The largest absolute Gasteiger partial charge is 0.452 e. The summed E-state index contributed by atoms with van der Waals surface area (Å²) in [7, 11) is 1.70. The molecule has 0 unspecified atom stereocenters. The fourth-order valence-corrected chi connectivity index (χ4v) is 3.65. The van der Waals surface area contributed by atoms with Gasteiger partial charge in [0, 0.05) is 35.1 Å². The van der Waals surface area contributed by atoms with E-state index in [4.69, 9.17) is 4.74 Å². The Morgan fingerprint density at radius 2 is 1.86 bits per heavy atom. The first-order chi connectivity index (χ1) is 14.0. The van der Waals surface area contributed by atoms with Crippen molar-refractivity contribution in [3.63, 3.8) is 0 Å². The molecule has 29 heavy (non-hydrogen) atoms. The standard InChI is InChI=1S/C23H21BrN2O3/c1-26(13-16-6-2-4-8-19(16)24)22(27)14-29-23(28)18-12-21(15-10-11-15)25-20-9-5-3-7-17(18)20/h2-9,12,15H,10-11,13-14H2,1H3. The van der Waals surface area contributed by atoms with Crippen LogP contribution in [0.2, 0.25) is 0 Å². The smallest absolute Gasteiger partial charge is 0.339 e. The van der Waals surface area contributed by atoms with Crippen LogP contribution in [0.25, 0.3) is 10.9 Å². The highest BCUT2D eigenvalue weighted by Crippen LogP contribution is 2.40. The normalized spacial score (nSPS) is 13.3. The maximum atomic E-state index is 12.8. The molecule has 1 fully saturated rings. The molecule has 4 rings (SSSR count). The number of fused-ring (bicyclic) bond motifs is 1. The van der Waals surface area contributed by atoms with Crippen molar-refractivity contribution in [2.24, 2.45) is 0 Å². The van der Waals surface area contributed by atoms with Gasteiger partial charge in [0.05, 0.1) is 11.1 Å². The Hall–Kier alpha value is -2.73. The number of halogens is 1. The number of esters is 1. The molecule has 148 valence electrons. The molecule has 1 aromatic heterocycles. The average molecular weight is 453 g/mol. The molecule has 0 bridgehead atoms. The number of para-hydroxylation sites is 1. The summed E-state index contributed by atoms with van der Waals surface area (Å²) in [4.78, 5) is 31.5. The van der Waals surface area contributed by atoms with Crippen LogP contribution in [0.4, 0.5) is 0 Å². The first-order valence-corrected chi connectivity index (χ1v) is 10.4. The van der Waals surface area contributed by atoms with E-state index < -0.39 is 5.97 Å². The summed E-state index contributed by atoms with van der Waals surface area (Å²) >= 11 is 3.48. The van der Waals surface area contributed by atoms with Gasteiger partial charge in [-0.15, -0.1) is 0 Å². The van der Waals surface area contributed by atoms with E-state index in [2.05, 4.69) is 20.9 Å². The highest BCUT2D eigenvalue weighted by Gasteiger charge is 2.27. The van der Waals surface area contributed by atoms with Crippen molar-refractivity contribution in [3.05, 3.63) is 75.9 Å². The van der Waals surface area contributed by atoms with Gasteiger partial charge in [-0.3, -0.25) is 9.78 Å². The first kappa shape index (κ1) is 19.6. The van der Waals surface area contributed by atoms with Crippen LogP contribution >= 0.6 is 15.9 Å². The van der Waals surface area contributed by atoms with E-state index in [1.165, 1.54) is 0 Å². The zero-order valence-corrected chi connectivity index (χ0v) is 17.7. The summed E-state index contributed by atoms with van der Waals surface area (Å²) in [6.07, 6.45) is 2.19. The number of carbonyl (C=O) groups excluding carboxylic acids is 2. The second kappa shape index (κ2) is 8.33. The lowest BCUT2D eigenvalue weighted by atomic mass is 10.1. The van der Waals surface area contributed by atoms with Crippen molar-refractivity contribution in [3.8, 4) is 0 Å². The van der Waals surface area contributed by atoms with E-state index in [-0.39, 0.29) is 12.5 Å². The maximum Gasteiger partial charge on any atom is 0.339 e. The van der Waals surface area contributed by atoms with Crippen molar-refractivity contribution >= 4 is 38.7 Å². The third-order valence-corrected chi connectivity index (χ3v) is 5.84. The summed E-state index contributed by atoms with van der Waals surface area (Å²) in [6.45, 7) is 0.136. The quantitative estimate of drug-likeness (QED) is 0.509. The van der Waals surface area contributed by atoms with Crippen molar-refractivity contribution in [2.75, 3.05) is 13.7 Å². The number of hydrogen-bond acceptors (Lipinski definition) is 4. The van der Waals surface area contributed by atoms with Gasteiger partial charge < -0.3 is 9.64 Å². The molecular formula is C23H21BrN2O3. The minimum atomic E-state index is -0.492. The van der Waals surface area contributed by atoms with E-state index >= 15 is 0 Å². The van der Waals surface area contributed by atoms with Gasteiger partial charge in [-0.2, -0.15) is 0 Å². The van der Waals surface area contributed by atoms with Gasteiger partial charge in [0.2, 0.25) is 0 Å². The Kier molecular flexibility index (Phi) is 5.62. The van der Waals surface area contributed by atoms with Gasteiger partial charge in [-0.1, -0.05) is 52.3 Å². The molecule has 1 aliphatic carbocycles. The van der Waals surface area contributed by atoms with Crippen LogP contribution in [0, 0.1) is 0 Å². The molecular weight excluding hydrogens is 432 g/mol. The van der Waals surface area contributed by atoms with Crippen LogP contribution in [-0.4, -0.2) is 35.4 Å². The lowest BCUT2D eigenvalue weighted by Crippen LogP contribution is -2.31. The molecule has 0 N–H and O–H groups in total. The van der Waals surface area contributed by atoms with Crippen molar-refractivity contribution in [1.82, 2.24) is 9.88 Å². The summed E-state index contributed by atoms with van der Waals surface area (Å²) in [5, 5.41) is 0.746. The number of aromatic nitrogens is 1. The fourth-order valence-electron chi connectivity index (χ4n) is 3.24. The van der Waals surface area contributed by atoms with E-state index in [9.17, 15) is 9.59 Å². The van der Waals surface area contributed by atoms with Gasteiger partial charge in [-0.05, 0) is 36.6 Å². The SMILES string of the molecule is CN(Cc1ccccc1Br)C(=O)COC(=O)c1cc(C2CC2)nc2ccccc12. The van der Waals surface area contributed by atoms with Crippen LogP contribution < -0.4 is 0 Å². The summed E-state index contributed by atoms with van der Waals surface area (Å²) in [5.74, 6) is -0.328. The zero-order chi connectivity index (χ0) is 20.4. The van der Waals surface area contributed by atoms with Crippen molar-refractivity contribution in [2.45, 2.75) is 25.3 Å². The predicted molar refractivity (Wildman–Crippen MR) is 115 cm³/mol. The average Bonchev–Trinajstić information content (AvgIpc) is 3.58. The molecule has 0 atom stereocenters. The molecule has 5 nitrogen and oxygen atoms in total. The van der Waals surface area contributed by atoms with Crippen LogP contribution in [0.15, 0.2) is 59.1 Å². The zero-order valence-electron chi connectivity index (χ0n) is 16.1. The van der Waals surface area contributed by atoms with Crippen LogP contribution in [0.1, 0.15) is 40.4 Å². The summed E-state index contributed by atoms with van der Waals surface area (Å²) < 4.78 is 6.31. The summed E-state index contributed by atoms with van der Waals surface area (Å²) in [6, 6.07) is 17.1. The molecule has 0 saturated heterocycles. The van der Waals surface area contributed by atoms with Crippen molar-refractivity contribution < 1.29 is 14.3 Å². The molecule has 1 heterocycles. The predicted octanol–water partition coefficient (Wildman–Crippen LogP) is 4.69. The Balaban J connectivity index is 1.45. The Morgan fingerprint density at radius 3 is 2.62 bits per heavy atom. The van der Waals surface area contributed by atoms with Gasteiger partial charge in [0.15, 0.2) is 6.61 Å². The third kappa shape index (κ3) is 4.48. The third-order valence-electron chi connectivity index (χ3n) is 5.07. The minimum Gasteiger partial charge on any atom is -0.452 e. The Bertz CT molecular complexity index is 1080. The molecule has 1 amide bonds. The number of rotatable bonds is 6.